The van der Waals surface area contributed by atoms with Gasteiger partial charge in [0.05, 0.1) is 12.6 Å². The van der Waals surface area contributed by atoms with Crippen LogP contribution in [0.2, 0.25) is 0 Å². The number of ether oxygens (including phenoxy) is 1. The molecule has 1 aliphatic heterocycles. The number of rotatable bonds is 3. The van der Waals surface area contributed by atoms with E-state index in [9.17, 15) is 4.79 Å². The third-order valence-corrected chi connectivity index (χ3v) is 5.56. The Morgan fingerprint density at radius 3 is 2.56 bits per heavy atom. The Kier molecular flexibility index (Phi) is 4.57. The maximum atomic E-state index is 12.8. The number of carbonyl (C=O) groups excluding carboxylic acids is 1. The van der Waals surface area contributed by atoms with Gasteiger partial charge in [-0.2, -0.15) is 0 Å². The van der Waals surface area contributed by atoms with E-state index in [0.29, 0.717) is 5.69 Å². The molecule has 132 valence electrons. The Hall–Kier alpha value is -2.14. The van der Waals surface area contributed by atoms with E-state index in [-0.39, 0.29) is 5.91 Å². The maximum absolute atomic E-state index is 12.8. The van der Waals surface area contributed by atoms with Gasteiger partial charge in [0.1, 0.15) is 11.4 Å². The van der Waals surface area contributed by atoms with Crippen LogP contribution in [0.1, 0.15) is 36.2 Å². The topological polar surface area (TPSA) is 45.7 Å². The molecule has 1 aromatic carbocycles. The highest BCUT2D eigenvalue weighted by molar-refractivity contribution is 5.95. The van der Waals surface area contributed by atoms with Crippen molar-refractivity contribution in [3.63, 3.8) is 0 Å². The van der Waals surface area contributed by atoms with E-state index < -0.39 is 0 Å². The molecule has 25 heavy (non-hydrogen) atoms. The molecule has 2 heterocycles. The highest BCUT2D eigenvalue weighted by atomic mass is 16.5. The van der Waals surface area contributed by atoms with Crippen molar-refractivity contribution < 1.29 is 9.53 Å². The van der Waals surface area contributed by atoms with Crippen molar-refractivity contribution in [1.82, 2.24) is 14.8 Å². The van der Waals surface area contributed by atoms with Crippen LogP contribution in [0, 0.1) is 0 Å². The molecular formula is C20H25N3O2. The number of nitrogens with zero attached hydrogens (tertiary/aromatic N) is 3. The summed E-state index contributed by atoms with van der Waals surface area (Å²) in [7, 11) is 1.65. The minimum absolute atomic E-state index is 0.0452. The van der Waals surface area contributed by atoms with Gasteiger partial charge in [0, 0.05) is 37.6 Å². The van der Waals surface area contributed by atoms with Crippen LogP contribution in [-0.2, 0) is 0 Å². The molecule has 0 N–H and O–H groups in total. The average molecular weight is 339 g/mol. The van der Waals surface area contributed by atoms with Gasteiger partial charge in [-0.05, 0) is 37.1 Å². The smallest absolute Gasteiger partial charge is 0.272 e. The number of pyridine rings is 1. The first-order valence-corrected chi connectivity index (χ1v) is 9.23. The Morgan fingerprint density at radius 1 is 1.08 bits per heavy atom. The monoisotopic (exact) mass is 339 g/mol. The van der Waals surface area contributed by atoms with Gasteiger partial charge in [0.2, 0.25) is 0 Å². The third kappa shape index (κ3) is 3.33. The predicted molar refractivity (Wildman–Crippen MR) is 98.0 cm³/mol. The van der Waals surface area contributed by atoms with Gasteiger partial charge in [-0.15, -0.1) is 0 Å². The summed E-state index contributed by atoms with van der Waals surface area (Å²) in [6, 6.07) is 10.2. The van der Waals surface area contributed by atoms with Crippen LogP contribution >= 0.6 is 0 Å². The summed E-state index contributed by atoms with van der Waals surface area (Å²) in [5, 5.41) is 0.988. The molecule has 1 saturated heterocycles. The molecule has 0 radical (unpaired) electrons. The summed E-state index contributed by atoms with van der Waals surface area (Å²) in [4.78, 5) is 21.9. The van der Waals surface area contributed by atoms with E-state index in [1.165, 1.54) is 25.7 Å². The molecule has 1 saturated carbocycles. The zero-order valence-electron chi connectivity index (χ0n) is 14.8. The van der Waals surface area contributed by atoms with E-state index in [2.05, 4.69) is 9.88 Å². The first-order valence-electron chi connectivity index (χ1n) is 9.23. The lowest BCUT2D eigenvalue weighted by Crippen LogP contribution is -2.51. The number of hydrogen-bond acceptors (Lipinski definition) is 4. The highest BCUT2D eigenvalue weighted by Gasteiger charge is 2.28. The fourth-order valence-electron chi connectivity index (χ4n) is 4.07. The lowest BCUT2D eigenvalue weighted by Gasteiger charge is -2.37. The van der Waals surface area contributed by atoms with Crippen LogP contribution in [0.25, 0.3) is 10.9 Å². The van der Waals surface area contributed by atoms with Gasteiger partial charge in [-0.3, -0.25) is 9.69 Å². The number of carbonyl (C=O) groups is 1. The zero-order valence-corrected chi connectivity index (χ0v) is 14.8. The van der Waals surface area contributed by atoms with E-state index >= 15 is 0 Å². The number of benzene rings is 1. The molecule has 4 rings (SSSR count). The zero-order chi connectivity index (χ0) is 17.2. The molecule has 0 spiro atoms. The molecule has 1 amide bonds. The van der Waals surface area contributed by atoms with E-state index in [4.69, 9.17) is 4.74 Å². The summed E-state index contributed by atoms with van der Waals surface area (Å²) in [6.07, 6.45) is 5.36. The van der Waals surface area contributed by atoms with Crippen LogP contribution in [0.4, 0.5) is 0 Å². The normalized spacial score (nSPS) is 19.5. The van der Waals surface area contributed by atoms with Gasteiger partial charge in [-0.25, -0.2) is 4.98 Å². The fourth-order valence-corrected chi connectivity index (χ4v) is 4.07. The Labute approximate surface area is 148 Å². The van der Waals surface area contributed by atoms with E-state index in [0.717, 1.165) is 48.9 Å². The van der Waals surface area contributed by atoms with E-state index in [1.807, 2.05) is 35.2 Å². The largest absolute Gasteiger partial charge is 0.497 e. The van der Waals surface area contributed by atoms with Gasteiger partial charge >= 0.3 is 0 Å². The minimum Gasteiger partial charge on any atom is -0.497 e. The Morgan fingerprint density at radius 2 is 1.84 bits per heavy atom. The molecule has 5 nitrogen and oxygen atoms in total. The number of fused-ring (bicyclic) bond motifs is 1. The summed E-state index contributed by atoms with van der Waals surface area (Å²) >= 11 is 0. The van der Waals surface area contributed by atoms with Crippen molar-refractivity contribution in [2.45, 2.75) is 31.7 Å². The molecule has 1 aliphatic carbocycles. The maximum Gasteiger partial charge on any atom is 0.272 e. The molecule has 2 aliphatic rings. The predicted octanol–water partition coefficient (Wildman–Crippen LogP) is 2.94. The number of piperazine rings is 1. The average Bonchev–Trinajstić information content (AvgIpc) is 3.21. The Balaban J connectivity index is 1.45. The fraction of sp³-hybridized carbons (Fsp3) is 0.500. The lowest BCUT2D eigenvalue weighted by molar-refractivity contribution is 0.0568. The third-order valence-electron chi connectivity index (χ3n) is 5.56. The molecule has 1 aromatic heterocycles. The summed E-state index contributed by atoms with van der Waals surface area (Å²) in [6.45, 7) is 3.58. The molecule has 0 atom stereocenters. The summed E-state index contributed by atoms with van der Waals surface area (Å²) in [5.41, 5.74) is 1.36. The quantitative estimate of drug-likeness (QED) is 0.862. The molecule has 5 heteroatoms. The first kappa shape index (κ1) is 16.3. The van der Waals surface area contributed by atoms with Crippen molar-refractivity contribution in [1.29, 1.82) is 0 Å². The number of aromatic nitrogens is 1. The second kappa shape index (κ2) is 7.00. The van der Waals surface area contributed by atoms with Crippen molar-refractivity contribution in [2.75, 3.05) is 33.3 Å². The van der Waals surface area contributed by atoms with Crippen molar-refractivity contribution in [2.24, 2.45) is 0 Å². The van der Waals surface area contributed by atoms with Crippen molar-refractivity contribution in [3.8, 4) is 5.75 Å². The van der Waals surface area contributed by atoms with Crippen molar-refractivity contribution >= 4 is 16.8 Å². The Bertz CT molecular complexity index is 763. The highest BCUT2D eigenvalue weighted by Crippen LogP contribution is 2.25. The summed E-state index contributed by atoms with van der Waals surface area (Å²) in [5.74, 6) is 0.847. The van der Waals surface area contributed by atoms with Gasteiger partial charge in [0.15, 0.2) is 0 Å². The summed E-state index contributed by atoms with van der Waals surface area (Å²) < 4.78 is 5.24. The lowest BCUT2D eigenvalue weighted by atomic mass is 10.1. The van der Waals surface area contributed by atoms with Gasteiger partial charge in [-0.1, -0.05) is 18.9 Å². The molecule has 0 bridgehead atoms. The standard InChI is InChI=1S/C20H25N3O2/c1-25-17-7-9-18-15(14-17)6-8-19(21-18)20(24)23-12-10-22(11-13-23)16-4-2-3-5-16/h6-9,14,16H,2-5,10-13H2,1H3. The van der Waals surface area contributed by atoms with Gasteiger partial charge < -0.3 is 9.64 Å². The van der Waals surface area contributed by atoms with Crippen LogP contribution in [0.15, 0.2) is 30.3 Å². The molecular weight excluding hydrogens is 314 g/mol. The van der Waals surface area contributed by atoms with Crippen molar-refractivity contribution in [3.05, 3.63) is 36.0 Å². The van der Waals surface area contributed by atoms with Gasteiger partial charge in [0.25, 0.3) is 5.91 Å². The van der Waals surface area contributed by atoms with Crippen LogP contribution in [-0.4, -0.2) is 60.0 Å². The second-order valence-electron chi connectivity index (χ2n) is 7.02. The molecule has 0 unspecified atom stereocenters. The number of methoxy groups -OCH3 is 1. The SMILES string of the molecule is COc1ccc2nc(C(=O)N3CCN(C4CCCC4)CC3)ccc2c1. The minimum atomic E-state index is 0.0452. The molecule has 2 fully saturated rings. The molecule has 2 aromatic rings. The second-order valence-corrected chi connectivity index (χ2v) is 7.02. The van der Waals surface area contributed by atoms with Crippen LogP contribution in [0.5, 0.6) is 5.75 Å². The van der Waals surface area contributed by atoms with E-state index in [1.54, 1.807) is 7.11 Å². The van der Waals surface area contributed by atoms with Crippen LogP contribution in [0.3, 0.4) is 0 Å². The first-order chi connectivity index (χ1) is 12.2. The van der Waals surface area contributed by atoms with Crippen LogP contribution < -0.4 is 4.74 Å². The number of amides is 1. The number of hydrogen-bond donors (Lipinski definition) is 0.